The predicted molar refractivity (Wildman–Crippen MR) is 149 cm³/mol. The summed E-state index contributed by atoms with van der Waals surface area (Å²) in [5, 5.41) is 2.81. The van der Waals surface area contributed by atoms with E-state index < -0.39 is 0 Å². The molecule has 1 N–H and O–H groups in total. The number of nitrogens with zero attached hydrogens (tertiary/aromatic N) is 3. The van der Waals surface area contributed by atoms with Gasteiger partial charge in [-0.25, -0.2) is 4.39 Å². The SMILES string of the molecule is COc1ccc(Oc2ccc(NC(=O)c3ccc(C(=O)N4CCN(Cc5ccc(F)cc5)CC4)cn3)cc2)cc1. The Labute approximate surface area is 232 Å². The van der Waals surface area contributed by atoms with E-state index >= 15 is 0 Å². The molecule has 1 aliphatic heterocycles. The van der Waals surface area contributed by atoms with E-state index in [0.717, 1.165) is 24.4 Å². The fourth-order valence-corrected chi connectivity index (χ4v) is 4.38. The number of methoxy groups -OCH3 is 1. The van der Waals surface area contributed by atoms with E-state index in [9.17, 15) is 14.0 Å². The molecule has 0 unspecified atom stereocenters. The first-order valence-corrected chi connectivity index (χ1v) is 12.9. The van der Waals surface area contributed by atoms with Crippen molar-refractivity contribution >= 4 is 17.5 Å². The van der Waals surface area contributed by atoms with Gasteiger partial charge in [-0.15, -0.1) is 0 Å². The maximum absolute atomic E-state index is 13.1. The Morgan fingerprint density at radius 1 is 0.825 bits per heavy atom. The Balaban J connectivity index is 1.11. The van der Waals surface area contributed by atoms with E-state index in [1.807, 2.05) is 24.3 Å². The van der Waals surface area contributed by atoms with Crippen molar-refractivity contribution < 1.29 is 23.5 Å². The molecule has 40 heavy (non-hydrogen) atoms. The number of anilines is 1. The molecule has 5 rings (SSSR count). The molecule has 0 bridgehead atoms. The number of pyridine rings is 1. The quantitative estimate of drug-likeness (QED) is 0.330. The van der Waals surface area contributed by atoms with Crippen LogP contribution in [-0.2, 0) is 6.54 Å². The molecule has 8 nitrogen and oxygen atoms in total. The number of nitrogens with one attached hydrogen (secondary N) is 1. The van der Waals surface area contributed by atoms with Gasteiger partial charge in [0, 0.05) is 44.6 Å². The van der Waals surface area contributed by atoms with Gasteiger partial charge >= 0.3 is 0 Å². The van der Waals surface area contributed by atoms with E-state index in [1.54, 1.807) is 60.5 Å². The van der Waals surface area contributed by atoms with E-state index in [2.05, 4.69) is 15.2 Å². The largest absolute Gasteiger partial charge is 0.497 e. The lowest BCUT2D eigenvalue weighted by atomic mass is 10.1. The molecule has 0 spiro atoms. The highest BCUT2D eigenvalue weighted by molar-refractivity contribution is 6.03. The summed E-state index contributed by atoms with van der Waals surface area (Å²) in [5.74, 6) is 1.30. The summed E-state index contributed by atoms with van der Waals surface area (Å²) >= 11 is 0. The molecule has 1 fully saturated rings. The highest BCUT2D eigenvalue weighted by Gasteiger charge is 2.23. The van der Waals surface area contributed by atoms with Gasteiger partial charge in [0.25, 0.3) is 11.8 Å². The molecule has 1 aromatic heterocycles. The van der Waals surface area contributed by atoms with Crippen LogP contribution < -0.4 is 14.8 Å². The summed E-state index contributed by atoms with van der Waals surface area (Å²) in [6.45, 7) is 3.33. The predicted octanol–water partition coefficient (Wildman–Crippen LogP) is 5.23. The lowest BCUT2D eigenvalue weighted by Gasteiger charge is -2.34. The Bertz CT molecular complexity index is 1440. The molecular weight excluding hydrogens is 511 g/mol. The number of amides is 2. The average Bonchev–Trinajstić information content (AvgIpc) is 3.00. The zero-order valence-corrected chi connectivity index (χ0v) is 22.0. The van der Waals surface area contributed by atoms with E-state index in [4.69, 9.17) is 9.47 Å². The summed E-state index contributed by atoms with van der Waals surface area (Å²) in [6, 6.07) is 23.9. The van der Waals surface area contributed by atoms with E-state index in [1.165, 1.54) is 18.3 Å². The van der Waals surface area contributed by atoms with Crippen LogP contribution in [0, 0.1) is 5.82 Å². The van der Waals surface area contributed by atoms with Gasteiger partial charge in [-0.3, -0.25) is 19.5 Å². The monoisotopic (exact) mass is 540 g/mol. The number of rotatable bonds is 8. The van der Waals surface area contributed by atoms with Crippen LogP contribution in [0.3, 0.4) is 0 Å². The van der Waals surface area contributed by atoms with Crippen LogP contribution in [-0.4, -0.2) is 59.9 Å². The number of hydrogen-bond acceptors (Lipinski definition) is 6. The van der Waals surface area contributed by atoms with Gasteiger partial charge in [0.1, 0.15) is 28.8 Å². The summed E-state index contributed by atoms with van der Waals surface area (Å²) in [5.41, 5.74) is 2.27. The Hall–Kier alpha value is -4.76. The van der Waals surface area contributed by atoms with Gasteiger partial charge < -0.3 is 19.7 Å². The topological polar surface area (TPSA) is 84.0 Å². The first kappa shape index (κ1) is 26.8. The van der Waals surface area contributed by atoms with Crippen LogP contribution in [0.4, 0.5) is 10.1 Å². The first-order chi connectivity index (χ1) is 19.5. The zero-order valence-electron chi connectivity index (χ0n) is 22.0. The van der Waals surface area contributed by atoms with Gasteiger partial charge in [0.15, 0.2) is 0 Å². The van der Waals surface area contributed by atoms with Crippen LogP contribution in [0.15, 0.2) is 91.1 Å². The fourth-order valence-electron chi connectivity index (χ4n) is 4.38. The number of carbonyl (C=O) groups excluding carboxylic acids is 2. The Kier molecular flexibility index (Phi) is 8.32. The molecule has 1 saturated heterocycles. The maximum Gasteiger partial charge on any atom is 0.274 e. The minimum absolute atomic E-state index is 0.117. The van der Waals surface area contributed by atoms with Crippen molar-refractivity contribution in [2.75, 3.05) is 38.6 Å². The molecule has 1 aliphatic rings. The van der Waals surface area contributed by atoms with Crippen molar-refractivity contribution in [3.63, 3.8) is 0 Å². The van der Waals surface area contributed by atoms with E-state index in [0.29, 0.717) is 42.4 Å². The molecule has 0 radical (unpaired) electrons. The number of hydrogen-bond donors (Lipinski definition) is 1. The second-order valence-electron chi connectivity index (χ2n) is 9.38. The van der Waals surface area contributed by atoms with Gasteiger partial charge in [0.05, 0.1) is 12.7 Å². The molecule has 2 heterocycles. The third-order valence-electron chi connectivity index (χ3n) is 6.63. The van der Waals surface area contributed by atoms with Crippen molar-refractivity contribution in [2.24, 2.45) is 0 Å². The normalized spacial score (nSPS) is 13.5. The van der Waals surface area contributed by atoms with Crippen molar-refractivity contribution in [1.82, 2.24) is 14.8 Å². The van der Waals surface area contributed by atoms with Crippen LogP contribution >= 0.6 is 0 Å². The third-order valence-corrected chi connectivity index (χ3v) is 6.63. The molecule has 0 saturated carbocycles. The molecule has 2 amide bonds. The fraction of sp³-hybridized carbons (Fsp3) is 0.194. The minimum Gasteiger partial charge on any atom is -0.497 e. The molecular formula is C31H29FN4O4. The Morgan fingerprint density at radius 2 is 1.45 bits per heavy atom. The zero-order chi connectivity index (χ0) is 27.9. The molecule has 0 aliphatic carbocycles. The van der Waals surface area contributed by atoms with Crippen LogP contribution in [0.2, 0.25) is 0 Å². The van der Waals surface area contributed by atoms with Crippen molar-refractivity contribution in [2.45, 2.75) is 6.54 Å². The van der Waals surface area contributed by atoms with Crippen molar-refractivity contribution in [3.8, 4) is 17.2 Å². The minimum atomic E-state index is -0.378. The van der Waals surface area contributed by atoms with Gasteiger partial charge in [-0.05, 0) is 78.4 Å². The second-order valence-corrected chi connectivity index (χ2v) is 9.38. The van der Waals surface area contributed by atoms with Crippen molar-refractivity contribution in [1.29, 1.82) is 0 Å². The number of aromatic nitrogens is 1. The summed E-state index contributed by atoms with van der Waals surface area (Å²) in [7, 11) is 1.61. The summed E-state index contributed by atoms with van der Waals surface area (Å²) < 4.78 is 24.1. The lowest BCUT2D eigenvalue weighted by molar-refractivity contribution is 0.0627. The van der Waals surface area contributed by atoms with Gasteiger partial charge in [0.2, 0.25) is 0 Å². The van der Waals surface area contributed by atoms with E-state index in [-0.39, 0.29) is 23.3 Å². The van der Waals surface area contributed by atoms with Crippen LogP contribution in [0.5, 0.6) is 17.2 Å². The first-order valence-electron chi connectivity index (χ1n) is 12.9. The number of ether oxygens (including phenoxy) is 2. The smallest absolute Gasteiger partial charge is 0.274 e. The highest BCUT2D eigenvalue weighted by atomic mass is 19.1. The Morgan fingerprint density at radius 3 is 2.05 bits per heavy atom. The number of piperazine rings is 1. The molecule has 204 valence electrons. The summed E-state index contributed by atoms with van der Waals surface area (Å²) in [6.07, 6.45) is 1.44. The van der Waals surface area contributed by atoms with Crippen molar-refractivity contribution in [3.05, 3.63) is 114 Å². The van der Waals surface area contributed by atoms with Gasteiger partial charge in [-0.2, -0.15) is 0 Å². The number of benzene rings is 3. The maximum atomic E-state index is 13.1. The molecule has 0 atom stereocenters. The second kappa shape index (κ2) is 12.4. The van der Waals surface area contributed by atoms with Crippen LogP contribution in [0.25, 0.3) is 0 Å². The lowest BCUT2D eigenvalue weighted by Crippen LogP contribution is -2.48. The van der Waals surface area contributed by atoms with Gasteiger partial charge in [-0.1, -0.05) is 12.1 Å². The standard InChI is InChI=1S/C31H29FN4O4/c1-39-26-11-13-28(14-12-26)40-27-9-7-25(8-10-27)34-30(37)29-15-4-23(20-33-29)31(38)36-18-16-35(17-19-36)21-22-2-5-24(32)6-3-22/h2-15,20H,16-19,21H2,1H3,(H,34,37). The molecule has 4 aromatic rings. The number of halogens is 1. The third kappa shape index (κ3) is 6.81. The molecule has 3 aromatic carbocycles. The summed E-state index contributed by atoms with van der Waals surface area (Å²) in [4.78, 5) is 33.9. The highest BCUT2D eigenvalue weighted by Crippen LogP contribution is 2.25. The average molecular weight is 541 g/mol. The van der Waals surface area contributed by atoms with Crippen LogP contribution in [0.1, 0.15) is 26.4 Å². The molecule has 9 heteroatoms. The number of carbonyl (C=O) groups is 2.